The number of amides is 1. The van der Waals surface area contributed by atoms with E-state index >= 15 is 0 Å². The molecule has 0 saturated carbocycles. The van der Waals surface area contributed by atoms with Gasteiger partial charge in [0.05, 0.1) is 0 Å². The third kappa shape index (κ3) is 4.07. The molecule has 3 nitrogen and oxygen atoms in total. The fourth-order valence-electron chi connectivity index (χ4n) is 2.77. The summed E-state index contributed by atoms with van der Waals surface area (Å²) in [4.78, 5) is 11.5. The second kappa shape index (κ2) is 7.44. The van der Waals surface area contributed by atoms with Crippen molar-refractivity contribution >= 4 is 5.91 Å². The fourth-order valence-corrected chi connectivity index (χ4v) is 2.77. The molecule has 1 amide bonds. The van der Waals surface area contributed by atoms with Gasteiger partial charge in [0.15, 0.2) is 0 Å². The molecule has 0 heterocycles. The summed E-state index contributed by atoms with van der Waals surface area (Å²) in [7, 11) is 0. The number of rotatable bonds is 5. The Balaban J connectivity index is 1.85. The van der Waals surface area contributed by atoms with Crippen molar-refractivity contribution in [2.75, 3.05) is 13.1 Å². The topological polar surface area (TPSA) is 41.1 Å². The molecule has 110 valence electrons. The number of aryl methyl sites for hydroxylation is 1. The summed E-state index contributed by atoms with van der Waals surface area (Å²) in [5.41, 5.74) is 2.92. The molecule has 1 aliphatic rings. The van der Waals surface area contributed by atoms with E-state index in [1.54, 1.807) is 0 Å². The molecule has 0 aromatic heterocycles. The molecule has 0 fully saturated rings. The average molecular weight is 274 g/mol. The van der Waals surface area contributed by atoms with E-state index in [0.717, 1.165) is 6.54 Å². The highest BCUT2D eigenvalue weighted by Gasteiger charge is 2.17. The molecule has 0 saturated heterocycles. The van der Waals surface area contributed by atoms with Gasteiger partial charge >= 0.3 is 0 Å². The fraction of sp³-hybridized carbons (Fsp3) is 0.588. The Bertz CT molecular complexity index is 442. The second-order valence-corrected chi connectivity index (χ2v) is 5.90. The van der Waals surface area contributed by atoms with E-state index < -0.39 is 0 Å². The van der Waals surface area contributed by atoms with Gasteiger partial charge in [-0.15, -0.1) is 0 Å². The smallest absolute Gasteiger partial charge is 0.222 e. The molecule has 20 heavy (non-hydrogen) atoms. The number of carbonyl (C=O) groups is 1. The molecule has 3 heteroatoms. The highest BCUT2D eigenvalue weighted by atomic mass is 16.1. The van der Waals surface area contributed by atoms with Crippen molar-refractivity contribution < 1.29 is 4.79 Å². The van der Waals surface area contributed by atoms with Gasteiger partial charge in [-0.2, -0.15) is 0 Å². The number of carbonyl (C=O) groups excluding carboxylic acids is 1. The zero-order valence-corrected chi connectivity index (χ0v) is 12.6. The third-order valence-corrected chi connectivity index (χ3v) is 3.96. The lowest BCUT2D eigenvalue weighted by molar-refractivity contribution is -0.123. The Hall–Kier alpha value is -1.35. The summed E-state index contributed by atoms with van der Waals surface area (Å²) < 4.78 is 0. The summed E-state index contributed by atoms with van der Waals surface area (Å²) >= 11 is 0. The van der Waals surface area contributed by atoms with Crippen molar-refractivity contribution in [2.24, 2.45) is 5.92 Å². The summed E-state index contributed by atoms with van der Waals surface area (Å²) in [5, 5.41) is 6.56. The molecule has 2 N–H and O–H groups in total. The molecular weight excluding hydrogens is 248 g/mol. The van der Waals surface area contributed by atoms with Crippen molar-refractivity contribution in [1.29, 1.82) is 0 Å². The Morgan fingerprint density at radius 2 is 2.05 bits per heavy atom. The zero-order chi connectivity index (χ0) is 14.4. The summed E-state index contributed by atoms with van der Waals surface area (Å²) in [6.07, 6.45) is 4.93. The van der Waals surface area contributed by atoms with Gasteiger partial charge in [0.25, 0.3) is 0 Å². The predicted molar refractivity (Wildman–Crippen MR) is 82.6 cm³/mol. The van der Waals surface area contributed by atoms with Gasteiger partial charge in [-0.1, -0.05) is 44.5 Å². The number of fused-ring (bicyclic) bond motifs is 1. The highest BCUT2D eigenvalue weighted by Crippen LogP contribution is 2.28. The van der Waals surface area contributed by atoms with Crippen LogP contribution < -0.4 is 10.6 Å². The zero-order valence-electron chi connectivity index (χ0n) is 12.6. The maximum atomic E-state index is 11.5. The Kier molecular flexibility index (Phi) is 5.60. The number of benzene rings is 1. The summed E-state index contributed by atoms with van der Waals surface area (Å²) in [6.45, 7) is 5.38. The third-order valence-electron chi connectivity index (χ3n) is 3.96. The normalized spacial score (nSPS) is 18.4. The van der Waals surface area contributed by atoms with E-state index in [0.29, 0.717) is 12.6 Å². The molecule has 0 spiro atoms. The van der Waals surface area contributed by atoms with Crippen LogP contribution >= 0.6 is 0 Å². The molecule has 0 bridgehead atoms. The first-order valence-corrected chi connectivity index (χ1v) is 7.77. The molecule has 1 aromatic carbocycles. The predicted octanol–water partition coefficient (Wildman–Crippen LogP) is 2.82. The van der Waals surface area contributed by atoms with Crippen LogP contribution in [0.3, 0.4) is 0 Å². The van der Waals surface area contributed by atoms with Crippen molar-refractivity contribution in [3.63, 3.8) is 0 Å². The van der Waals surface area contributed by atoms with Crippen molar-refractivity contribution in [3.05, 3.63) is 35.4 Å². The average Bonchev–Trinajstić information content (AvgIpc) is 2.65. The molecule has 1 atom stereocenters. The SMILES string of the molecule is CC(C)C(=O)NCCNC1CCCCc2ccccc21. The van der Waals surface area contributed by atoms with Crippen LogP contribution in [0, 0.1) is 5.92 Å². The van der Waals surface area contributed by atoms with Gasteiger partial charge < -0.3 is 10.6 Å². The lowest BCUT2D eigenvalue weighted by atomic mass is 9.99. The van der Waals surface area contributed by atoms with E-state index in [2.05, 4.69) is 34.9 Å². The number of nitrogens with one attached hydrogen (secondary N) is 2. The minimum absolute atomic E-state index is 0.0635. The lowest BCUT2D eigenvalue weighted by Gasteiger charge is -2.19. The molecule has 1 unspecified atom stereocenters. The van der Waals surface area contributed by atoms with Crippen LogP contribution in [0.15, 0.2) is 24.3 Å². The van der Waals surface area contributed by atoms with Crippen LogP contribution in [0.4, 0.5) is 0 Å². The van der Waals surface area contributed by atoms with Gasteiger partial charge in [-0.25, -0.2) is 0 Å². The van der Waals surface area contributed by atoms with Gasteiger partial charge in [-0.3, -0.25) is 4.79 Å². The van der Waals surface area contributed by atoms with E-state index in [9.17, 15) is 4.79 Å². The summed E-state index contributed by atoms with van der Waals surface area (Å²) in [6, 6.07) is 9.18. The molecule has 2 rings (SSSR count). The Labute approximate surface area is 122 Å². The first-order chi connectivity index (χ1) is 9.68. The Morgan fingerprint density at radius 1 is 1.25 bits per heavy atom. The van der Waals surface area contributed by atoms with Crippen LogP contribution in [0.2, 0.25) is 0 Å². The van der Waals surface area contributed by atoms with Crippen LogP contribution in [-0.2, 0) is 11.2 Å². The maximum absolute atomic E-state index is 11.5. The van der Waals surface area contributed by atoms with Crippen molar-refractivity contribution in [2.45, 2.75) is 45.6 Å². The summed E-state index contributed by atoms with van der Waals surface area (Å²) in [5.74, 6) is 0.196. The van der Waals surface area contributed by atoms with Gasteiger partial charge in [-0.05, 0) is 30.4 Å². The van der Waals surface area contributed by atoms with Gasteiger partial charge in [0, 0.05) is 25.0 Å². The maximum Gasteiger partial charge on any atom is 0.222 e. The van der Waals surface area contributed by atoms with E-state index in [-0.39, 0.29) is 11.8 Å². The quantitative estimate of drug-likeness (QED) is 0.640. The minimum Gasteiger partial charge on any atom is -0.355 e. The van der Waals surface area contributed by atoms with Gasteiger partial charge in [0.1, 0.15) is 0 Å². The largest absolute Gasteiger partial charge is 0.355 e. The van der Waals surface area contributed by atoms with Gasteiger partial charge in [0.2, 0.25) is 5.91 Å². The first kappa shape index (κ1) is 15.0. The molecular formula is C17H26N2O. The molecule has 1 aliphatic carbocycles. The first-order valence-electron chi connectivity index (χ1n) is 7.77. The monoisotopic (exact) mass is 274 g/mol. The van der Waals surface area contributed by atoms with E-state index in [1.807, 2.05) is 13.8 Å². The minimum atomic E-state index is 0.0635. The number of hydrogen-bond donors (Lipinski definition) is 2. The van der Waals surface area contributed by atoms with Crippen LogP contribution in [0.1, 0.15) is 50.3 Å². The number of hydrogen-bond acceptors (Lipinski definition) is 2. The molecule has 1 aromatic rings. The molecule has 0 aliphatic heterocycles. The van der Waals surface area contributed by atoms with Crippen LogP contribution in [-0.4, -0.2) is 19.0 Å². The highest BCUT2D eigenvalue weighted by molar-refractivity contribution is 5.77. The van der Waals surface area contributed by atoms with Crippen LogP contribution in [0.25, 0.3) is 0 Å². The van der Waals surface area contributed by atoms with Crippen molar-refractivity contribution in [3.8, 4) is 0 Å². The van der Waals surface area contributed by atoms with Crippen LogP contribution in [0.5, 0.6) is 0 Å². The van der Waals surface area contributed by atoms with E-state index in [4.69, 9.17) is 0 Å². The second-order valence-electron chi connectivity index (χ2n) is 5.90. The standard InChI is InChI=1S/C17H26N2O/c1-13(2)17(20)19-12-11-18-16-10-6-4-8-14-7-3-5-9-15(14)16/h3,5,7,9,13,16,18H,4,6,8,10-12H2,1-2H3,(H,19,20). The molecule has 0 radical (unpaired) electrons. The van der Waals surface area contributed by atoms with Crippen molar-refractivity contribution in [1.82, 2.24) is 10.6 Å². The lowest BCUT2D eigenvalue weighted by Crippen LogP contribution is -2.35. The Morgan fingerprint density at radius 3 is 2.85 bits per heavy atom. The van der Waals surface area contributed by atoms with E-state index in [1.165, 1.54) is 36.8 Å².